The van der Waals surface area contributed by atoms with Crippen molar-refractivity contribution in [3.8, 4) is 6.07 Å². The van der Waals surface area contributed by atoms with Gasteiger partial charge in [0.25, 0.3) is 0 Å². The van der Waals surface area contributed by atoms with Gasteiger partial charge >= 0.3 is 0 Å². The Morgan fingerprint density at radius 1 is 1.47 bits per heavy atom. The summed E-state index contributed by atoms with van der Waals surface area (Å²) in [5, 5.41) is 13.1. The molecule has 0 amide bonds. The third kappa shape index (κ3) is 3.70. The third-order valence-electron chi connectivity index (χ3n) is 5.07. The summed E-state index contributed by atoms with van der Waals surface area (Å²) in [6.45, 7) is 6.70. The Kier molecular flexibility index (Phi) is 4.86. The van der Waals surface area contributed by atoms with Crippen LogP contribution in [0.5, 0.6) is 0 Å². The Balaban J connectivity index is 1.89. The molecule has 0 aromatic rings. The molecule has 1 N–H and O–H groups in total. The molecule has 0 radical (unpaired) electrons. The molecule has 0 heterocycles. The van der Waals surface area contributed by atoms with Gasteiger partial charge in [0.05, 0.1) is 6.07 Å². The molecular formula is C16H29N3. The smallest absolute Gasteiger partial charge is 0.108 e. The zero-order valence-corrected chi connectivity index (χ0v) is 12.8. The minimum Gasteiger partial charge on any atom is -0.303 e. The van der Waals surface area contributed by atoms with Gasteiger partial charge in [-0.2, -0.15) is 5.26 Å². The Bertz CT molecular complexity index is 335. The molecular weight excluding hydrogens is 234 g/mol. The fourth-order valence-electron chi connectivity index (χ4n) is 3.46. The summed E-state index contributed by atoms with van der Waals surface area (Å²) in [6.07, 6.45) is 6.96. The van der Waals surface area contributed by atoms with E-state index in [0.29, 0.717) is 6.04 Å². The zero-order chi connectivity index (χ0) is 13.9. The van der Waals surface area contributed by atoms with Gasteiger partial charge < -0.3 is 4.90 Å². The van der Waals surface area contributed by atoms with Crippen molar-refractivity contribution in [1.29, 1.82) is 5.26 Å². The van der Waals surface area contributed by atoms with Crippen molar-refractivity contribution in [2.75, 3.05) is 20.1 Å². The number of nitriles is 1. The molecule has 2 aliphatic carbocycles. The van der Waals surface area contributed by atoms with Crippen LogP contribution in [0.3, 0.4) is 0 Å². The monoisotopic (exact) mass is 263 g/mol. The average Bonchev–Trinajstić information content (AvgIpc) is 3.12. The fraction of sp³-hybridized carbons (Fsp3) is 0.938. The van der Waals surface area contributed by atoms with Crippen LogP contribution in [0.15, 0.2) is 0 Å². The SMILES string of the molecule is CCCNC1(C#N)CCCC(N(C)CC2CC2C)C1. The molecule has 19 heavy (non-hydrogen) atoms. The Hall–Kier alpha value is -0.590. The van der Waals surface area contributed by atoms with Crippen LogP contribution in [-0.4, -0.2) is 36.6 Å². The van der Waals surface area contributed by atoms with Crippen LogP contribution < -0.4 is 5.32 Å². The van der Waals surface area contributed by atoms with E-state index in [0.717, 1.165) is 37.6 Å². The maximum atomic E-state index is 9.57. The van der Waals surface area contributed by atoms with Crippen LogP contribution in [-0.2, 0) is 0 Å². The largest absolute Gasteiger partial charge is 0.303 e. The normalized spacial score (nSPS) is 38.2. The fourth-order valence-corrected chi connectivity index (χ4v) is 3.46. The lowest BCUT2D eigenvalue weighted by atomic mass is 9.79. The first-order valence-corrected chi connectivity index (χ1v) is 7.96. The molecule has 0 aromatic carbocycles. The number of hydrogen-bond donors (Lipinski definition) is 1. The van der Waals surface area contributed by atoms with Crippen LogP contribution in [0.25, 0.3) is 0 Å². The van der Waals surface area contributed by atoms with Gasteiger partial charge in [-0.15, -0.1) is 0 Å². The van der Waals surface area contributed by atoms with Gasteiger partial charge in [-0.3, -0.25) is 5.32 Å². The molecule has 2 fully saturated rings. The third-order valence-corrected chi connectivity index (χ3v) is 5.07. The standard InChI is InChI=1S/C16H29N3/c1-4-8-18-16(12-17)7-5-6-15(10-16)19(3)11-14-9-13(14)2/h13-15,18H,4-11H2,1-3H3. The summed E-state index contributed by atoms with van der Waals surface area (Å²) < 4.78 is 0. The minimum absolute atomic E-state index is 0.262. The highest BCUT2D eigenvalue weighted by Gasteiger charge is 2.40. The molecule has 0 aromatic heterocycles. The molecule has 0 saturated heterocycles. The number of rotatable bonds is 6. The molecule has 0 spiro atoms. The molecule has 3 nitrogen and oxygen atoms in total. The summed E-state index contributed by atoms with van der Waals surface area (Å²) in [5.74, 6) is 1.83. The van der Waals surface area contributed by atoms with Gasteiger partial charge in [-0.05, 0) is 64.0 Å². The van der Waals surface area contributed by atoms with E-state index in [4.69, 9.17) is 0 Å². The van der Waals surface area contributed by atoms with Gasteiger partial charge in [-0.25, -0.2) is 0 Å². The van der Waals surface area contributed by atoms with Crippen molar-refractivity contribution >= 4 is 0 Å². The summed E-state index contributed by atoms with van der Waals surface area (Å²) in [6, 6.07) is 3.17. The van der Waals surface area contributed by atoms with E-state index in [1.165, 1.54) is 25.8 Å². The minimum atomic E-state index is -0.262. The van der Waals surface area contributed by atoms with Crippen molar-refractivity contribution < 1.29 is 0 Å². The van der Waals surface area contributed by atoms with Gasteiger partial charge in [0.2, 0.25) is 0 Å². The highest BCUT2D eigenvalue weighted by atomic mass is 15.1. The summed E-state index contributed by atoms with van der Waals surface area (Å²) in [7, 11) is 2.25. The first-order chi connectivity index (χ1) is 9.10. The Morgan fingerprint density at radius 2 is 2.21 bits per heavy atom. The van der Waals surface area contributed by atoms with Crippen molar-refractivity contribution in [1.82, 2.24) is 10.2 Å². The van der Waals surface area contributed by atoms with Crippen LogP contribution in [0.1, 0.15) is 52.4 Å². The van der Waals surface area contributed by atoms with E-state index in [1.807, 2.05) is 0 Å². The number of nitrogens with one attached hydrogen (secondary N) is 1. The molecule has 4 unspecified atom stereocenters. The first-order valence-electron chi connectivity index (χ1n) is 7.96. The second-order valence-electron chi connectivity index (χ2n) is 6.78. The van der Waals surface area contributed by atoms with E-state index in [1.54, 1.807) is 0 Å². The number of nitrogens with zero attached hydrogens (tertiary/aromatic N) is 2. The maximum absolute atomic E-state index is 9.57. The van der Waals surface area contributed by atoms with Crippen LogP contribution in [0.2, 0.25) is 0 Å². The van der Waals surface area contributed by atoms with E-state index < -0.39 is 0 Å². The molecule has 0 aliphatic heterocycles. The van der Waals surface area contributed by atoms with Crippen molar-refractivity contribution in [3.63, 3.8) is 0 Å². The predicted octanol–water partition coefficient (Wildman–Crippen LogP) is 2.78. The Morgan fingerprint density at radius 3 is 2.79 bits per heavy atom. The Labute approximate surface area is 118 Å². The summed E-state index contributed by atoms with van der Waals surface area (Å²) >= 11 is 0. The molecule has 3 heteroatoms. The second kappa shape index (κ2) is 6.24. The van der Waals surface area contributed by atoms with Crippen LogP contribution in [0, 0.1) is 23.2 Å². The zero-order valence-electron chi connectivity index (χ0n) is 12.8. The lowest BCUT2D eigenvalue weighted by Gasteiger charge is -2.40. The lowest BCUT2D eigenvalue weighted by Crippen LogP contribution is -2.52. The van der Waals surface area contributed by atoms with E-state index in [9.17, 15) is 5.26 Å². The van der Waals surface area contributed by atoms with Gasteiger partial charge in [0.1, 0.15) is 5.54 Å². The van der Waals surface area contributed by atoms with Crippen LogP contribution >= 0.6 is 0 Å². The first kappa shape index (κ1) is 14.8. The summed E-state index contributed by atoms with van der Waals surface area (Å²) in [4.78, 5) is 2.52. The highest BCUT2D eigenvalue weighted by Crippen LogP contribution is 2.39. The molecule has 2 saturated carbocycles. The molecule has 108 valence electrons. The summed E-state index contributed by atoms with van der Waals surface area (Å²) in [5.41, 5.74) is -0.262. The van der Waals surface area contributed by atoms with E-state index in [-0.39, 0.29) is 5.54 Å². The average molecular weight is 263 g/mol. The lowest BCUT2D eigenvalue weighted by molar-refractivity contribution is 0.139. The van der Waals surface area contributed by atoms with E-state index in [2.05, 4.69) is 37.2 Å². The molecule has 4 atom stereocenters. The predicted molar refractivity (Wildman–Crippen MR) is 78.8 cm³/mol. The maximum Gasteiger partial charge on any atom is 0.108 e. The van der Waals surface area contributed by atoms with Crippen molar-refractivity contribution in [3.05, 3.63) is 0 Å². The quantitative estimate of drug-likeness (QED) is 0.801. The van der Waals surface area contributed by atoms with Gasteiger partial charge in [0, 0.05) is 12.6 Å². The van der Waals surface area contributed by atoms with Crippen LogP contribution in [0.4, 0.5) is 0 Å². The molecule has 0 bridgehead atoms. The van der Waals surface area contributed by atoms with Gasteiger partial charge in [0.15, 0.2) is 0 Å². The second-order valence-corrected chi connectivity index (χ2v) is 6.78. The van der Waals surface area contributed by atoms with Gasteiger partial charge in [-0.1, -0.05) is 13.8 Å². The van der Waals surface area contributed by atoms with Crippen molar-refractivity contribution in [2.45, 2.75) is 64.0 Å². The number of hydrogen-bond acceptors (Lipinski definition) is 3. The molecule has 2 rings (SSSR count). The van der Waals surface area contributed by atoms with Crippen molar-refractivity contribution in [2.24, 2.45) is 11.8 Å². The topological polar surface area (TPSA) is 39.1 Å². The highest BCUT2D eigenvalue weighted by molar-refractivity contribution is 5.11. The van der Waals surface area contributed by atoms with E-state index >= 15 is 0 Å². The molecule has 2 aliphatic rings.